The van der Waals surface area contributed by atoms with Crippen molar-refractivity contribution < 1.29 is 0 Å². The van der Waals surface area contributed by atoms with Gasteiger partial charge >= 0.3 is 0 Å². The van der Waals surface area contributed by atoms with Gasteiger partial charge in [-0.15, -0.1) is 0 Å². The molecule has 21 heavy (non-hydrogen) atoms. The number of rotatable bonds is 2. The number of piperazine rings is 1. The molecule has 1 aromatic heterocycles. The Morgan fingerprint density at radius 3 is 2.86 bits per heavy atom. The molecule has 1 aliphatic heterocycles. The van der Waals surface area contributed by atoms with Gasteiger partial charge in [0.1, 0.15) is 5.82 Å². The third kappa shape index (κ3) is 2.98. The summed E-state index contributed by atoms with van der Waals surface area (Å²) in [6.07, 6.45) is 3.38. The molecule has 1 aromatic rings. The van der Waals surface area contributed by atoms with Gasteiger partial charge in [-0.05, 0) is 38.0 Å². The average molecular weight is 289 g/mol. The zero-order chi connectivity index (χ0) is 15.0. The molecular formula is C16H27N5. The Balaban J connectivity index is 1.92. The molecule has 3 rings (SSSR count). The Kier molecular flexibility index (Phi) is 4.02. The molecule has 0 bridgehead atoms. The van der Waals surface area contributed by atoms with Gasteiger partial charge in [-0.1, -0.05) is 13.8 Å². The Morgan fingerprint density at radius 1 is 1.33 bits per heavy atom. The van der Waals surface area contributed by atoms with Gasteiger partial charge in [0.15, 0.2) is 0 Å². The largest absolute Gasteiger partial charge is 0.368 e. The van der Waals surface area contributed by atoms with E-state index >= 15 is 0 Å². The molecule has 1 fully saturated rings. The number of hydrogen-bond donors (Lipinski definition) is 2. The lowest BCUT2D eigenvalue weighted by Crippen LogP contribution is -2.50. The van der Waals surface area contributed by atoms with Crippen molar-refractivity contribution >= 4 is 11.8 Å². The van der Waals surface area contributed by atoms with Crippen LogP contribution in [0, 0.1) is 11.8 Å². The first-order valence-corrected chi connectivity index (χ1v) is 8.18. The Hall–Kier alpha value is -1.36. The van der Waals surface area contributed by atoms with Crippen LogP contribution < -0.4 is 16.0 Å². The fraction of sp³-hybridized carbons (Fsp3) is 0.750. The van der Waals surface area contributed by atoms with Crippen LogP contribution in [0.4, 0.5) is 11.8 Å². The van der Waals surface area contributed by atoms with E-state index in [2.05, 4.69) is 41.0 Å². The molecule has 2 atom stereocenters. The summed E-state index contributed by atoms with van der Waals surface area (Å²) in [7, 11) is 0. The molecule has 116 valence electrons. The molecule has 1 saturated heterocycles. The topological polar surface area (TPSA) is 67.1 Å². The van der Waals surface area contributed by atoms with Crippen molar-refractivity contribution in [2.45, 2.75) is 46.1 Å². The number of fused-ring (bicyclic) bond motifs is 1. The van der Waals surface area contributed by atoms with Gasteiger partial charge in [0, 0.05) is 31.2 Å². The quantitative estimate of drug-likeness (QED) is 0.866. The van der Waals surface area contributed by atoms with Crippen LogP contribution in [-0.4, -0.2) is 35.6 Å². The number of nitrogens with two attached hydrogens (primary N) is 1. The molecule has 0 aromatic carbocycles. The lowest BCUT2D eigenvalue weighted by atomic mass is 9.80. The summed E-state index contributed by atoms with van der Waals surface area (Å²) in [5.74, 6) is 2.95. The van der Waals surface area contributed by atoms with Gasteiger partial charge in [0.05, 0.1) is 5.69 Å². The smallest absolute Gasteiger partial charge is 0.222 e. The van der Waals surface area contributed by atoms with Gasteiger partial charge in [0.25, 0.3) is 0 Å². The summed E-state index contributed by atoms with van der Waals surface area (Å²) in [6, 6.07) is 0.498. The van der Waals surface area contributed by atoms with Crippen molar-refractivity contribution in [3.8, 4) is 0 Å². The molecule has 1 unspecified atom stereocenters. The normalized spacial score (nSPS) is 26.0. The van der Waals surface area contributed by atoms with Crippen LogP contribution in [0.1, 0.15) is 38.4 Å². The zero-order valence-electron chi connectivity index (χ0n) is 13.4. The summed E-state index contributed by atoms with van der Waals surface area (Å²) in [6.45, 7) is 9.84. The maximum Gasteiger partial charge on any atom is 0.222 e. The van der Waals surface area contributed by atoms with Gasteiger partial charge < -0.3 is 16.0 Å². The maximum absolute atomic E-state index is 5.98. The van der Waals surface area contributed by atoms with Gasteiger partial charge in [-0.3, -0.25) is 0 Å². The molecule has 0 amide bonds. The van der Waals surface area contributed by atoms with Gasteiger partial charge in [-0.25, -0.2) is 4.98 Å². The number of aromatic nitrogens is 2. The summed E-state index contributed by atoms with van der Waals surface area (Å²) in [5.41, 5.74) is 8.51. The van der Waals surface area contributed by atoms with Crippen LogP contribution in [-0.2, 0) is 12.8 Å². The lowest BCUT2D eigenvalue weighted by Gasteiger charge is -2.36. The van der Waals surface area contributed by atoms with E-state index in [1.54, 1.807) is 0 Å². The molecule has 1 aliphatic carbocycles. The number of nitrogen functional groups attached to an aromatic ring is 1. The highest BCUT2D eigenvalue weighted by Crippen LogP contribution is 2.34. The average Bonchev–Trinajstić information content (AvgIpc) is 2.45. The van der Waals surface area contributed by atoms with E-state index in [4.69, 9.17) is 5.73 Å². The minimum absolute atomic E-state index is 0.430. The lowest BCUT2D eigenvalue weighted by molar-refractivity contribution is 0.338. The van der Waals surface area contributed by atoms with Crippen molar-refractivity contribution in [3.05, 3.63) is 11.3 Å². The second-order valence-corrected chi connectivity index (χ2v) is 6.88. The highest BCUT2D eigenvalue weighted by atomic mass is 15.3. The van der Waals surface area contributed by atoms with Crippen LogP contribution in [0.15, 0.2) is 0 Å². The summed E-state index contributed by atoms with van der Waals surface area (Å²) in [4.78, 5) is 11.5. The minimum atomic E-state index is 0.430. The third-order valence-corrected chi connectivity index (χ3v) is 4.92. The predicted molar refractivity (Wildman–Crippen MR) is 86.5 cm³/mol. The molecule has 0 radical (unpaired) electrons. The SMILES string of the molecule is CC(C)C1CCc2c(nc(N)nc2N2CCN[C@@H](C)C2)C1. The van der Waals surface area contributed by atoms with Gasteiger partial charge in [0.2, 0.25) is 5.95 Å². The van der Waals surface area contributed by atoms with E-state index in [-0.39, 0.29) is 0 Å². The standard InChI is InChI=1S/C16H27N5/c1-10(2)12-4-5-13-14(8-12)19-16(17)20-15(13)21-7-6-18-11(3)9-21/h10-12,18H,4-9H2,1-3H3,(H2,17,19,20)/t11-,12?/m0/s1. The van der Waals surface area contributed by atoms with Crippen LogP contribution in [0.2, 0.25) is 0 Å². The first-order chi connectivity index (χ1) is 10.0. The fourth-order valence-electron chi connectivity index (χ4n) is 3.60. The molecule has 5 heteroatoms. The molecule has 3 N–H and O–H groups in total. The molecule has 0 saturated carbocycles. The van der Waals surface area contributed by atoms with E-state index in [1.165, 1.54) is 17.7 Å². The molecule has 5 nitrogen and oxygen atoms in total. The summed E-state index contributed by atoms with van der Waals surface area (Å²) in [5, 5.41) is 3.48. The Bertz CT molecular complexity index is 514. The van der Waals surface area contributed by atoms with E-state index in [1.807, 2.05) is 0 Å². The van der Waals surface area contributed by atoms with E-state index in [0.29, 0.717) is 17.9 Å². The van der Waals surface area contributed by atoms with Crippen LogP contribution in [0.25, 0.3) is 0 Å². The zero-order valence-corrected chi connectivity index (χ0v) is 13.4. The van der Waals surface area contributed by atoms with Gasteiger partial charge in [-0.2, -0.15) is 4.98 Å². The van der Waals surface area contributed by atoms with Crippen molar-refractivity contribution in [2.24, 2.45) is 11.8 Å². The van der Waals surface area contributed by atoms with Crippen LogP contribution in [0.5, 0.6) is 0 Å². The van der Waals surface area contributed by atoms with Crippen molar-refractivity contribution in [1.29, 1.82) is 0 Å². The second-order valence-electron chi connectivity index (χ2n) is 6.88. The predicted octanol–water partition coefficient (Wildman–Crippen LogP) is 1.62. The minimum Gasteiger partial charge on any atom is -0.368 e. The fourth-order valence-corrected chi connectivity index (χ4v) is 3.60. The first kappa shape index (κ1) is 14.6. The maximum atomic E-state index is 5.98. The van der Waals surface area contributed by atoms with E-state index in [9.17, 15) is 0 Å². The summed E-state index contributed by atoms with van der Waals surface area (Å²) >= 11 is 0. The monoisotopic (exact) mass is 289 g/mol. The summed E-state index contributed by atoms with van der Waals surface area (Å²) < 4.78 is 0. The second kappa shape index (κ2) is 5.79. The highest BCUT2D eigenvalue weighted by molar-refractivity contribution is 5.53. The van der Waals surface area contributed by atoms with E-state index < -0.39 is 0 Å². The molecular weight excluding hydrogens is 262 g/mol. The number of nitrogens with one attached hydrogen (secondary N) is 1. The molecule has 2 heterocycles. The Labute approximate surface area is 127 Å². The van der Waals surface area contributed by atoms with Crippen LogP contribution in [0.3, 0.4) is 0 Å². The molecule has 2 aliphatic rings. The number of anilines is 2. The molecule has 0 spiro atoms. The van der Waals surface area contributed by atoms with Crippen molar-refractivity contribution in [1.82, 2.24) is 15.3 Å². The van der Waals surface area contributed by atoms with Crippen molar-refractivity contribution in [2.75, 3.05) is 30.3 Å². The van der Waals surface area contributed by atoms with Crippen LogP contribution >= 0.6 is 0 Å². The van der Waals surface area contributed by atoms with E-state index in [0.717, 1.165) is 44.2 Å². The van der Waals surface area contributed by atoms with Crippen molar-refractivity contribution in [3.63, 3.8) is 0 Å². The number of hydrogen-bond acceptors (Lipinski definition) is 5. The first-order valence-electron chi connectivity index (χ1n) is 8.18. The third-order valence-electron chi connectivity index (χ3n) is 4.92. The Morgan fingerprint density at radius 2 is 2.14 bits per heavy atom. The number of nitrogens with zero attached hydrogens (tertiary/aromatic N) is 3. The highest BCUT2D eigenvalue weighted by Gasteiger charge is 2.28.